The Kier molecular flexibility index (Phi) is 5.03. The molecule has 0 aliphatic carbocycles. The fourth-order valence-corrected chi connectivity index (χ4v) is 2.41. The van der Waals surface area contributed by atoms with Crippen LogP contribution in [-0.2, 0) is 9.59 Å². The van der Waals surface area contributed by atoms with Gasteiger partial charge in [0.1, 0.15) is 25.4 Å². The third-order valence-electron chi connectivity index (χ3n) is 3.53. The van der Waals surface area contributed by atoms with Gasteiger partial charge in [0.15, 0.2) is 11.5 Å². The number of hydrogen-bond acceptors (Lipinski definition) is 5. The molecule has 0 radical (unpaired) electrons. The molecule has 1 heterocycles. The van der Waals surface area contributed by atoms with E-state index in [1.165, 1.54) is 7.11 Å². The molecule has 0 unspecified atom stereocenters. The molecule has 1 aliphatic heterocycles. The predicted molar refractivity (Wildman–Crippen MR) is 92.3 cm³/mol. The first-order chi connectivity index (χ1) is 12.2. The largest absolute Gasteiger partial charge is 0.495 e. The van der Waals surface area contributed by atoms with E-state index in [4.69, 9.17) is 14.2 Å². The van der Waals surface area contributed by atoms with Crippen LogP contribution in [0.15, 0.2) is 42.5 Å². The van der Waals surface area contributed by atoms with Crippen LogP contribution in [0.1, 0.15) is 6.42 Å². The van der Waals surface area contributed by atoms with E-state index in [1.807, 2.05) is 0 Å². The molecular weight excluding hydrogens is 324 g/mol. The second kappa shape index (κ2) is 7.57. The minimum atomic E-state index is -0.431. The summed E-state index contributed by atoms with van der Waals surface area (Å²) in [5.41, 5.74) is 1.06. The van der Waals surface area contributed by atoms with Gasteiger partial charge >= 0.3 is 0 Å². The lowest BCUT2D eigenvalue weighted by Crippen LogP contribution is -2.22. The number of fused-ring (bicyclic) bond motifs is 1. The van der Waals surface area contributed by atoms with Crippen LogP contribution in [0.25, 0.3) is 0 Å². The van der Waals surface area contributed by atoms with Crippen molar-refractivity contribution in [3.8, 4) is 17.2 Å². The van der Waals surface area contributed by atoms with Crippen molar-refractivity contribution in [1.82, 2.24) is 0 Å². The molecule has 2 aromatic carbocycles. The van der Waals surface area contributed by atoms with Crippen LogP contribution in [0.4, 0.5) is 11.4 Å². The van der Waals surface area contributed by atoms with Crippen LogP contribution in [0, 0.1) is 0 Å². The third-order valence-corrected chi connectivity index (χ3v) is 3.53. The Morgan fingerprint density at radius 3 is 2.52 bits per heavy atom. The van der Waals surface area contributed by atoms with Crippen LogP contribution in [-0.4, -0.2) is 32.1 Å². The van der Waals surface area contributed by atoms with Crippen LogP contribution in [0.5, 0.6) is 17.2 Å². The monoisotopic (exact) mass is 342 g/mol. The maximum atomic E-state index is 12.1. The van der Waals surface area contributed by atoms with E-state index in [1.54, 1.807) is 42.5 Å². The van der Waals surface area contributed by atoms with Gasteiger partial charge in [-0.05, 0) is 24.3 Å². The van der Waals surface area contributed by atoms with E-state index in [-0.39, 0.29) is 6.42 Å². The average Bonchev–Trinajstić information content (AvgIpc) is 2.62. The highest BCUT2D eigenvalue weighted by molar-refractivity contribution is 6.08. The first-order valence-electron chi connectivity index (χ1n) is 7.78. The van der Waals surface area contributed by atoms with Crippen molar-refractivity contribution in [2.75, 3.05) is 31.0 Å². The molecule has 3 rings (SSSR count). The fourth-order valence-electron chi connectivity index (χ4n) is 2.41. The summed E-state index contributed by atoms with van der Waals surface area (Å²) >= 11 is 0. The SMILES string of the molecule is COc1ccccc1NC(=O)CC(=O)Nc1ccc2c(c1)OCCO2. The van der Waals surface area contributed by atoms with Gasteiger partial charge in [-0.1, -0.05) is 12.1 Å². The summed E-state index contributed by atoms with van der Waals surface area (Å²) in [6.45, 7) is 0.966. The summed E-state index contributed by atoms with van der Waals surface area (Å²) in [4.78, 5) is 24.1. The van der Waals surface area contributed by atoms with Crippen molar-refractivity contribution in [1.29, 1.82) is 0 Å². The van der Waals surface area contributed by atoms with Gasteiger partial charge < -0.3 is 24.8 Å². The van der Waals surface area contributed by atoms with E-state index in [2.05, 4.69) is 10.6 Å². The van der Waals surface area contributed by atoms with Crippen LogP contribution in [0.2, 0.25) is 0 Å². The summed E-state index contributed by atoms with van der Waals surface area (Å²) < 4.78 is 16.0. The van der Waals surface area contributed by atoms with Crippen molar-refractivity contribution in [3.05, 3.63) is 42.5 Å². The van der Waals surface area contributed by atoms with Gasteiger partial charge in [-0.3, -0.25) is 9.59 Å². The zero-order valence-electron chi connectivity index (χ0n) is 13.7. The van der Waals surface area contributed by atoms with Crippen LogP contribution < -0.4 is 24.8 Å². The third kappa shape index (κ3) is 4.20. The Balaban J connectivity index is 1.58. The number of carbonyl (C=O) groups is 2. The molecule has 25 heavy (non-hydrogen) atoms. The maximum Gasteiger partial charge on any atom is 0.233 e. The molecule has 0 bridgehead atoms. The topological polar surface area (TPSA) is 85.9 Å². The van der Waals surface area contributed by atoms with Crippen molar-refractivity contribution in [2.24, 2.45) is 0 Å². The van der Waals surface area contributed by atoms with E-state index in [0.29, 0.717) is 41.8 Å². The summed E-state index contributed by atoms with van der Waals surface area (Å²) in [5.74, 6) is 0.882. The number of para-hydroxylation sites is 2. The molecule has 0 spiro atoms. The molecular formula is C18H18N2O5. The molecule has 0 aromatic heterocycles. The predicted octanol–water partition coefficient (Wildman–Crippen LogP) is 2.43. The van der Waals surface area contributed by atoms with Crippen LogP contribution >= 0.6 is 0 Å². The lowest BCUT2D eigenvalue weighted by atomic mass is 10.2. The quantitative estimate of drug-likeness (QED) is 0.815. The molecule has 0 saturated carbocycles. The number of ether oxygens (including phenoxy) is 3. The Labute approximate surface area is 144 Å². The molecule has 0 saturated heterocycles. The second-order valence-electron chi connectivity index (χ2n) is 5.33. The molecule has 7 heteroatoms. The number of carbonyl (C=O) groups excluding carboxylic acids is 2. The van der Waals surface area contributed by atoms with Crippen LogP contribution in [0.3, 0.4) is 0 Å². The summed E-state index contributed by atoms with van der Waals surface area (Å²) in [6, 6.07) is 12.1. The number of amides is 2. The highest BCUT2D eigenvalue weighted by atomic mass is 16.6. The Hall–Kier alpha value is -3.22. The first kappa shape index (κ1) is 16.6. The normalized spacial score (nSPS) is 12.2. The molecule has 1 aliphatic rings. The van der Waals surface area contributed by atoms with Crippen molar-refractivity contribution < 1.29 is 23.8 Å². The summed E-state index contributed by atoms with van der Waals surface area (Å²) in [7, 11) is 1.51. The molecule has 7 nitrogen and oxygen atoms in total. The lowest BCUT2D eigenvalue weighted by molar-refractivity contribution is -0.123. The second-order valence-corrected chi connectivity index (χ2v) is 5.33. The number of nitrogens with one attached hydrogen (secondary N) is 2. The number of hydrogen-bond donors (Lipinski definition) is 2. The van der Waals surface area contributed by atoms with Gasteiger partial charge in [0, 0.05) is 11.8 Å². The molecule has 2 N–H and O–H groups in total. The maximum absolute atomic E-state index is 12.1. The molecule has 2 aromatic rings. The number of methoxy groups -OCH3 is 1. The Morgan fingerprint density at radius 1 is 1.00 bits per heavy atom. The minimum Gasteiger partial charge on any atom is -0.495 e. The lowest BCUT2D eigenvalue weighted by Gasteiger charge is -2.19. The molecule has 0 atom stereocenters. The zero-order valence-corrected chi connectivity index (χ0v) is 13.7. The van der Waals surface area contributed by atoms with Gasteiger partial charge in [0.25, 0.3) is 0 Å². The number of benzene rings is 2. The van der Waals surface area contributed by atoms with Gasteiger partial charge in [0.05, 0.1) is 12.8 Å². The molecule has 2 amide bonds. The summed E-state index contributed by atoms with van der Waals surface area (Å²) in [5, 5.41) is 5.33. The standard InChI is InChI=1S/C18H18N2O5/c1-23-14-5-3-2-4-13(14)20-18(22)11-17(21)19-12-6-7-15-16(10-12)25-9-8-24-15/h2-7,10H,8-9,11H2,1H3,(H,19,21)(H,20,22). The van der Waals surface area contributed by atoms with E-state index >= 15 is 0 Å². The minimum absolute atomic E-state index is 0.313. The highest BCUT2D eigenvalue weighted by Crippen LogP contribution is 2.32. The van der Waals surface area contributed by atoms with Gasteiger partial charge in [-0.25, -0.2) is 0 Å². The Bertz CT molecular complexity index is 791. The number of anilines is 2. The van der Waals surface area contributed by atoms with Gasteiger partial charge in [-0.2, -0.15) is 0 Å². The highest BCUT2D eigenvalue weighted by Gasteiger charge is 2.15. The zero-order chi connectivity index (χ0) is 17.6. The van der Waals surface area contributed by atoms with Gasteiger partial charge in [-0.15, -0.1) is 0 Å². The molecule has 130 valence electrons. The fraction of sp³-hybridized carbons (Fsp3) is 0.222. The van der Waals surface area contributed by atoms with E-state index < -0.39 is 11.8 Å². The molecule has 0 fully saturated rings. The average molecular weight is 342 g/mol. The number of rotatable bonds is 5. The van der Waals surface area contributed by atoms with Crippen molar-refractivity contribution in [2.45, 2.75) is 6.42 Å². The van der Waals surface area contributed by atoms with E-state index in [0.717, 1.165) is 0 Å². The first-order valence-corrected chi connectivity index (χ1v) is 7.78. The Morgan fingerprint density at radius 2 is 1.72 bits per heavy atom. The van der Waals surface area contributed by atoms with E-state index in [9.17, 15) is 9.59 Å². The van der Waals surface area contributed by atoms with Crippen molar-refractivity contribution in [3.63, 3.8) is 0 Å². The summed E-state index contributed by atoms with van der Waals surface area (Å²) in [6.07, 6.45) is -0.313. The van der Waals surface area contributed by atoms with Crippen molar-refractivity contribution >= 4 is 23.2 Å². The smallest absolute Gasteiger partial charge is 0.233 e. The van der Waals surface area contributed by atoms with Gasteiger partial charge in [0.2, 0.25) is 11.8 Å².